The zero-order chi connectivity index (χ0) is 8.72. The maximum atomic E-state index is 13.2. The average molecular weight is 231 g/mol. The van der Waals surface area contributed by atoms with Gasteiger partial charge in [0.05, 0.1) is 4.47 Å². The number of hydrogen-bond acceptors (Lipinski definition) is 3. The topological polar surface area (TPSA) is 52.0 Å². The summed E-state index contributed by atoms with van der Waals surface area (Å²) in [7, 11) is 0. The molecule has 0 spiro atoms. The van der Waals surface area contributed by atoms with Crippen molar-refractivity contribution in [1.29, 1.82) is 0 Å². The SMILES string of the molecule is Nc1nc2ccc(Br)c(F)c2o1. The van der Waals surface area contributed by atoms with E-state index >= 15 is 0 Å². The lowest BCUT2D eigenvalue weighted by Crippen LogP contribution is -1.80. The van der Waals surface area contributed by atoms with Crippen molar-refractivity contribution in [3.8, 4) is 0 Å². The third-order valence-corrected chi connectivity index (χ3v) is 2.08. The van der Waals surface area contributed by atoms with Crippen LogP contribution in [0.2, 0.25) is 0 Å². The summed E-state index contributed by atoms with van der Waals surface area (Å²) in [5.41, 5.74) is 5.76. The second kappa shape index (κ2) is 2.45. The number of aromatic nitrogens is 1. The van der Waals surface area contributed by atoms with Crippen LogP contribution in [0.5, 0.6) is 0 Å². The lowest BCUT2D eigenvalue weighted by atomic mass is 10.3. The van der Waals surface area contributed by atoms with Crippen LogP contribution in [0.4, 0.5) is 10.4 Å². The number of hydrogen-bond donors (Lipinski definition) is 1. The van der Waals surface area contributed by atoms with Gasteiger partial charge >= 0.3 is 0 Å². The van der Waals surface area contributed by atoms with Crippen LogP contribution in [-0.2, 0) is 0 Å². The monoisotopic (exact) mass is 230 g/mol. The zero-order valence-corrected chi connectivity index (χ0v) is 7.43. The fourth-order valence-corrected chi connectivity index (χ4v) is 1.27. The first-order valence-electron chi connectivity index (χ1n) is 3.18. The molecule has 0 saturated heterocycles. The van der Waals surface area contributed by atoms with Gasteiger partial charge < -0.3 is 10.2 Å². The summed E-state index contributed by atoms with van der Waals surface area (Å²) in [6, 6.07) is 3.16. The van der Waals surface area contributed by atoms with Crippen LogP contribution >= 0.6 is 15.9 Å². The molecule has 1 heterocycles. The van der Waals surface area contributed by atoms with E-state index in [4.69, 9.17) is 10.2 Å². The number of fused-ring (bicyclic) bond motifs is 1. The molecule has 0 aliphatic heterocycles. The first-order chi connectivity index (χ1) is 5.68. The molecule has 0 fully saturated rings. The van der Waals surface area contributed by atoms with Crippen molar-refractivity contribution in [2.45, 2.75) is 0 Å². The molecule has 62 valence electrons. The van der Waals surface area contributed by atoms with Gasteiger partial charge in [-0.15, -0.1) is 0 Å². The van der Waals surface area contributed by atoms with E-state index in [0.29, 0.717) is 9.99 Å². The molecule has 0 aliphatic carbocycles. The molecule has 0 aliphatic rings. The van der Waals surface area contributed by atoms with Crippen molar-refractivity contribution >= 4 is 33.0 Å². The van der Waals surface area contributed by atoms with Crippen molar-refractivity contribution < 1.29 is 8.81 Å². The van der Waals surface area contributed by atoms with Crippen molar-refractivity contribution in [1.82, 2.24) is 4.98 Å². The maximum absolute atomic E-state index is 13.2. The molecule has 5 heteroatoms. The lowest BCUT2D eigenvalue weighted by molar-refractivity contribution is 0.564. The molecule has 2 rings (SSSR count). The Kier molecular flexibility index (Phi) is 1.54. The van der Waals surface area contributed by atoms with Crippen molar-refractivity contribution in [2.24, 2.45) is 0 Å². The minimum atomic E-state index is -0.475. The highest BCUT2D eigenvalue weighted by Gasteiger charge is 2.10. The molecule has 1 aromatic carbocycles. The smallest absolute Gasteiger partial charge is 0.293 e. The van der Waals surface area contributed by atoms with Gasteiger partial charge in [-0.2, -0.15) is 4.98 Å². The van der Waals surface area contributed by atoms with E-state index in [0.717, 1.165) is 0 Å². The Bertz CT molecular complexity index is 440. The molecule has 0 atom stereocenters. The van der Waals surface area contributed by atoms with Crippen molar-refractivity contribution in [3.05, 3.63) is 22.4 Å². The van der Waals surface area contributed by atoms with Crippen molar-refractivity contribution in [3.63, 3.8) is 0 Å². The zero-order valence-electron chi connectivity index (χ0n) is 5.84. The van der Waals surface area contributed by atoms with Gasteiger partial charge in [0, 0.05) is 0 Å². The predicted octanol–water partition coefficient (Wildman–Crippen LogP) is 2.31. The van der Waals surface area contributed by atoms with Crippen LogP contribution in [-0.4, -0.2) is 4.98 Å². The third kappa shape index (κ3) is 0.972. The quantitative estimate of drug-likeness (QED) is 0.756. The minimum absolute atomic E-state index is 0.0259. The summed E-state index contributed by atoms with van der Waals surface area (Å²) in [6.07, 6.45) is 0. The van der Waals surface area contributed by atoms with Crippen LogP contribution in [0, 0.1) is 5.82 Å². The number of benzene rings is 1. The summed E-state index contributed by atoms with van der Waals surface area (Å²) in [4.78, 5) is 3.77. The van der Waals surface area contributed by atoms with Gasteiger partial charge in [-0.3, -0.25) is 0 Å². The minimum Gasteiger partial charge on any atom is -0.420 e. The standard InChI is InChI=1S/C7H4BrFN2O/c8-3-1-2-4-6(5(3)9)12-7(10)11-4/h1-2H,(H2,10,11). The van der Waals surface area contributed by atoms with Gasteiger partial charge in [-0.1, -0.05) is 0 Å². The first-order valence-corrected chi connectivity index (χ1v) is 3.98. The summed E-state index contributed by atoms with van der Waals surface area (Å²) < 4.78 is 18.4. The fraction of sp³-hybridized carbons (Fsp3) is 0. The largest absolute Gasteiger partial charge is 0.420 e. The molecule has 0 saturated carbocycles. The van der Waals surface area contributed by atoms with Gasteiger partial charge in [0.15, 0.2) is 11.4 Å². The number of halogens is 2. The van der Waals surface area contributed by atoms with Crippen LogP contribution in [0.1, 0.15) is 0 Å². The number of anilines is 1. The molecule has 0 radical (unpaired) electrons. The Morgan fingerprint density at radius 3 is 3.00 bits per heavy atom. The molecule has 3 nitrogen and oxygen atoms in total. The Hall–Kier alpha value is -1.10. The Balaban J connectivity index is 2.89. The highest BCUT2D eigenvalue weighted by molar-refractivity contribution is 9.10. The molecular formula is C7H4BrFN2O. The van der Waals surface area contributed by atoms with Crippen molar-refractivity contribution in [2.75, 3.05) is 5.73 Å². The maximum Gasteiger partial charge on any atom is 0.293 e. The second-order valence-corrected chi connectivity index (χ2v) is 3.12. The fourth-order valence-electron chi connectivity index (χ4n) is 0.953. The summed E-state index contributed by atoms with van der Waals surface area (Å²) in [6.45, 7) is 0. The summed E-state index contributed by atoms with van der Waals surface area (Å²) in [5.74, 6) is -0.475. The molecule has 12 heavy (non-hydrogen) atoms. The van der Waals surface area contributed by atoms with E-state index in [-0.39, 0.29) is 11.6 Å². The number of nitrogens with zero attached hydrogens (tertiary/aromatic N) is 1. The number of rotatable bonds is 0. The van der Waals surface area contributed by atoms with Gasteiger partial charge in [0.2, 0.25) is 0 Å². The number of nitrogen functional groups attached to an aromatic ring is 1. The van der Waals surface area contributed by atoms with Crippen LogP contribution < -0.4 is 5.73 Å². The predicted molar refractivity (Wildman–Crippen MR) is 46.1 cm³/mol. The molecule has 1 aromatic heterocycles. The third-order valence-electron chi connectivity index (χ3n) is 1.47. The molecule has 0 bridgehead atoms. The van der Waals surface area contributed by atoms with Gasteiger partial charge in [-0.05, 0) is 28.1 Å². The summed E-state index contributed by atoms with van der Waals surface area (Å²) >= 11 is 3.02. The van der Waals surface area contributed by atoms with Crippen LogP contribution in [0.15, 0.2) is 21.0 Å². The van der Waals surface area contributed by atoms with Gasteiger partial charge in [0.1, 0.15) is 5.52 Å². The van der Waals surface area contributed by atoms with E-state index in [1.807, 2.05) is 0 Å². The molecule has 0 unspecified atom stereocenters. The van der Waals surface area contributed by atoms with E-state index in [1.54, 1.807) is 12.1 Å². The first kappa shape index (κ1) is 7.54. The Labute approximate surface area is 75.5 Å². The molecule has 2 aromatic rings. The normalized spacial score (nSPS) is 10.8. The number of oxazole rings is 1. The summed E-state index contributed by atoms with van der Waals surface area (Å²) in [5, 5.41) is 0. The molecule has 2 N–H and O–H groups in total. The van der Waals surface area contributed by atoms with Crippen LogP contribution in [0.25, 0.3) is 11.1 Å². The van der Waals surface area contributed by atoms with E-state index in [9.17, 15) is 4.39 Å². The Morgan fingerprint density at radius 2 is 2.25 bits per heavy atom. The van der Waals surface area contributed by atoms with E-state index in [1.165, 1.54) is 0 Å². The van der Waals surface area contributed by atoms with Crippen LogP contribution in [0.3, 0.4) is 0 Å². The highest BCUT2D eigenvalue weighted by Crippen LogP contribution is 2.25. The molecule has 0 amide bonds. The second-order valence-electron chi connectivity index (χ2n) is 2.26. The highest BCUT2D eigenvalue weighted by atomic mass is 79.9. The van der Waals surface area contributed by atoms with E-state index < -0.39 is 5.82 Å². The van der Waals surface area contributed by atoms with Gasteiger partial charge in [0.25, 0.3) is 6.01 Å². The Morgan fingerprint density at radius 1 is 1.50 bits per heavy atom. The molecular weight excluding hydrogens is 227 g/mol. The van der Waals surface area contributed by atoms with E-state index in [2.05, 4.69) is 20.9 Å². The lowest BCUT2D eigenvalue weighted by Gasteiger charge is -1.91. The van der Waals surface area contributed by atoms with Gasteiger partial charge in [-0.25, -0.2) is 4.39 Å². The average Bonchev–Trinajstić information content (AvgIpc) is 2.39. The number of nitrogens with two attached hydrogens (primary N) is 1.